The van der Waals surface area contributed by atoms with Gasteiger partial charge in [0.1, 0.15) is 12.2 Å². The zero-order valence-corrected chi connectivity index (χ0v) is 17.9. The van der Waals surface area contributed by atoms with Crippen LogP contribution in [0.4, 0.5) is 0 Å². The van der Waals surface area contributed by atoms with Crippen LogP contribution < -0.4 is 0 Å². The summed E-state index contributed by atoms with van der Waals surface area (Å²) >= 11 is 0. The molecule has 1 aliphatic heterocycles. The molecule has 3 rings (SSSR count). The maximum absolute atomic E-state index is 12.9. The number of rotatable bonds is 4. The summed E-state index contributed by atoms with van der Waals surface area (Å²) < 4.78 is 17.0. The lowest BCUT2D eigenvalue weighted by Crippen LogP contribution is -2.50. The van der Waals surface area contributed by atoms with Gasteiger partial charge in [-0.25, -0.2) is 14.4 Å². The maximum atomic E-state index is 12.9. The average molecular weight is 414 g/mol. The number of hydrogen-bond donors (Lipinski definition) is 0. The highest BCUT2D eigenvalue weighted by atomic mass is 16.6. The van der Waals surface area contributed by atoms with E-state index in [1.165, 1.54) is 26.8 Å². The fourth-order valence-corrected chi connectivity index (χ4v) is 4.54. The van der Waals surface area contributed by atoms with Crippen molar-refractivity contribution in [3.05, 3.63) is 47.1 Å². The normalized spacial score (nSPS) is 32.5. The Bertz CT molecular complexity index is 951. The van der Waals surface area contributed by atoms with Crippen molar-refractivity contribution in [2.45, 2.75) is 58.8 Å². The molecular weight excluding hydrogens is 388 g/mol. The Labute approximate surface area is 175 Å². The highest BCUT2D eigenvalue weighted by Crippen LogP contribution is 2.51. The van der Waals surface area contributed by atoms with E-state index in [1.54, 1.807) is 13.8 Å². The standard InChI is InChI=1S/C23H26O7/c1-10(2)20(25)28-15-9-13(6)16-14(24)8-12(5)17(16)19-18(15)23(7,22(27)29-19)30-21(26)11(3)4/h8,15,17-19H,1,3,9H2,2,4-7H3/t15-,17-,18-,19+,23+/m1/s1. The first-order chi connectivity index (χ1) is 13.9. The molecule has 7 nitrogen and oxygen atoms in total. The van der Waals surface area contributed by atoms with Crippen LogP contribution in [0.1, 0.15) is 41.0 Å². The number of fused-ring (bicyclic) bond motifs is 3. The molecule has 7 heteroatoms. The largest absolute Gasteiger partial charge is 0.458 e. The molecule has 2 aliphatic carbocycles. The SMILES string of the molecule is C=C(C)C(=O)O[C@@H]1CC(C)=C2C(=O)C=C(C)[C@H]2[C@@H]2OC(=O)[C@@](C)(OC(=O)C(=C)C)[C@@H]21. The van der Waals surface area contributed by atoms with E-state index in [0.717, 1.165) is 11.1 Å². The second-order valence-corrected chi connectivity index (χ2v) is 8.53. The third-order valence-electron chi connectivity index (χ3n) is 6.02. The van der Waals surface area contributed by atoms with Gasteiger partial charge in [-0.1, -0.05) is 24.3 Å². The quantitative estimate of drug-likeness (QED) is 0.396. The molecule has 0 amide bonds. The van der Waals surface area contributed by atoms with Crippen LogP contribution in [-0.2, 0) is 33.4 Å². The molecule has 0 aromatic heterocycles. The van der Waals surface area contributed by atoms with Gasteiger partial charge in [-0.15, -0.1) is 0 Å². The summed E-state index contributed by atoms with van der Waals surface area (Å²) in [6.45, 7) is 15.2. The first-order valence-electron chi connectivity index (χ1n) is 9.77. The van der Waals surface area contributed by atoms with Gasteiger partial charge in [-0.3, -0.25) is 4.79 Å². The molecule has 0 aromatic rings. The molecule has 1 saturated heterocycles. The van der Waals surface area contributed by atoms with Crippen LogP contribution in [0.15, 0.2) is 47.1 Å². The molecule has 30 heavy (non-hydrogen) atoms. The third-order valence-corrected chi connectivity index (χ3v) is 6.02. The minimum Gasteiger partial charge on any atom is -0.458 e. The van der Waals surface area contributed by atoms with Crippen LogP contribution in [0.2, 0.25) is 0 Å². The summed E-state index contributed by atoms with van der Waals surface area (Å²) in [5.41, 5.74) is 0.649. The summed E-state index contributed by atoms with van der Waals surface area (Å²) in [5.74, 6) is -3.56. The van der Waals surface area contributed by atoms with Crippen LogP contribution in [0.5, 0.6) is 0 Å². The van der Waals surface area contributed by atoms with E-state index in [9.17, 15) is 19.2 Å². The number of carbonyl (C=O) groups excluding carboxylic acids is 4. The van der Waals surface area contributed by atoms with E-state index in [-0.39, 0.29) is 23.4 Å². The lowest BCUT2D eigenvalue weighted by molar-refractivity contribution is -0.175. The molecule has 0 N–H and O–H groups in total. The second-order valence-electron chi connectivity index (χ2n) is 8.53. The monoisotopic (exact) mass is 414 g/mol. The molecule has 0 aromatic carbocycles. The van der Waals surface area contributed by atoms with E-state index in [2.05, 4.69) is 13.2 Å². The van der Waals surface area contributed by atoms with Crippen LogP contribution >= 0.6 is 0 Å². The van der Waals surface area contributed by atoms with Crippen molar-refractivity contribution in [2.24, 2.45) is 11.8 Å². The number of allylic oxidation sites excluding steroid dienone is 1. The molecule has 1 fully saturated rings. The smallest absolute Gasteiger partial charge is 0.351 e. The molecule has 0 unspecified atom stereocenters. The predicted molar refractivity (Wildman–Crippen MR) is 107 cm³/mol. The van der Waals surface area contributed by atoms with Gasteiger partial charge >= 0.3 is 17.9 Å². The molecule has 0 bridgehead atoms. The lowest BCUT2D eigenvalue weighted by Gasteiger charge is -2.34. The Morgan fingerprint density at radius 1 is 1.13 bits per heavy atom. The summed E-state index contributed by atoms with van der Waals surface area (Å²) in [6.07, 6.45) is 0.0608. The lowest BCUT2D eigenvalue weighted by atomic mass is 9.77. The van der Waals surface area contributed by atoms with Crippen molar-refractivity contribution in [1.29, 1.82) is 0 Å². The molecule has 1 heterocycles. The van der Waals surface area contributed by atoms with Crippen LogP contribution in [0.25, 0.3) is 0 Å². The molecular formula is C23H26O7. The third kappa shape index (κ3) is 3.32. The van der Waals surface area contributed by atoms with E-state index >= 15 is 0 Å². The minimum absolute atomic E-state index is 0.124. The van der Waals surface area contributed by atoms with Crippen molar-refractivity contribution in [3.8, 4) is 0 Å². The van der Waals surface area contributed by atoms with Gasteiger partial charge in [-0.05, 0) is 40.7 Å². The summed E-state index contributed by atoms with van der Waals surface area (Å²) in [6, 6.07) is 0. The van der Waals surface area contributed by atoms with Gasteiger partial charge in [-0.2, -0.15) is 0 Å². The Hall–Kier alpha value is -2.96. The van der Waals surface area contributed by atoms with Gasteiger partial charge in [0, 0.05) is 29.1 Å². The van der Waals surface area contributed by atoms with Gasteiger partial charge in [0.2, 0.25) is 5.60 Å². The highest BCUT2D eigenvalue weighted by molar-refractivity contribution is 6.09. The van der Waals surface area contributed by atoms with Gasteiger partial charge < -0.3 is 14.2 Å². The zero-order valence-electron chi connectivity index (χ0n) is 17.9. The van der Waals surface area contributed by atoms with Gasteiger partial charge in [0.15, 0.2) is 5.78 Å². The zero-order chi connectivity index (χ0) is 22.5. The van der Waals surface area contributed by atoms with Crippen molar-refractivity contribution in [3.63, 3.8) is 0 Å². The Morgan fingerprint density at radius 3 is 2.30 bits per heavy atom. The number of carbonyl (C=O) groups is 4. The molecule has 0 spiro atoms. The molecule has 5 atom stereocenters. The van der Waals surface area contributed by atoms with E-state index in [1.807, 2.05) is 0 Å². The number of ketones is 1. The first-order valence-corrected chi connectivity index (χ1v) is 9.77. The minimum atomic E-state index is -1.71. The fourth-order valence-electron chi connectivity index (χ4n) is 4.54. The average Bonchev–Trinajstić information content (AvgIpc) is 3.01. The highest BCUT2D eigenvalue weighted by Gasteiger charge is 2.65. The van der Waals surface area contributed by atoms with Crippen LogP contribution in [0.3, 0.4) is 0 Å². The van der Waals surface area contributed by atoms with Crippen molar-refractivity contribution in [1.82, 2.24) is 0 Å². The topological polar surface area (TPSA) is 96.0 Å². The Balaban J connectivity index is 2.13. The molecule has 0 radical (unpaired) electrons. The molecule has 160 valence electrons. The number of hydrogen-bond acceptors (Lipinski definition) is 7. The fraction of sp³-hybridized carbons (Fsp3) is 0.478. The Kier molecular flexibility index (Phi) is 5.35. The Morgan fingerprint density at radius 2 is 1.73 bits per heavy atom. The van der Waals surface area contributed by atoms with Crippen molar-refractivity contribution >= 4 is 23.7 Å². The molecule has 0 saturated carbocycles. The summed E-state index contributed by atoms with van der Waals surface area (Å²) in [4.78, 5) is 50.3. The van der Waals surface area contributed by atoms with E-state index < -0.39 is 47.6 Å². The van der Waals surface area contributed by atoms with Crippen molar-refractivity contribution in [2.75, 3.05) is 0 Å². The summed E-state index contributed by atoms with van der Waals surface area (Å²) in [7, 11) is 0. The predicted octanol–water partition coefficient (Wildman–Crippen LogP) is 2.76. The van der Waals surface area contributed by atoms with Gasteiger partial charge in [0.05, 0.1) is 5.92 Å². The number of esters is 3. The van der Waals surface area contributed by atoms with Crippen LogP contribution in [-0.4, -0.2) is 41.5 Å². The van der Waals surface area contributed by atoms with E-state index in [4.69, 9.17) is 14.2 Å². The maximum Gasteiger partial charge on any atom is 0.351 e. The van der Waals surface area contributed by atoms with Crippen LogP contribution in [0, 0.1) is 11.8 Å². The van der Waals surface area contributed by atoms with E-state index in [0.29, 0.717) is 5.57 Å². The second kappa shape index (κ2) is 7.38. The first kappa shape index (κ1) is 21.7. The van der Waals surface area contributed by atoms with Gasteiger partial charge in [0.25, 0.3) is 0 Å². The van der Waals surface area contributed by atoms with Crippen molar-refractivity contribution < 1.29 is 33.4 Å². The molecule has 3 aliphatic rings. The summed E-state index contributed by atoms with van der Waals surface area (Å²) in [5, 5.41) is 0. The number of ether oxygens (including phenoxy) is 3.